The van der Waals surface area contributed by atoms with Gasteiger partial charge in [0.2, 0.25) is 5.91 Å². The third kappa shape index (κ3) is 3.99. The first-order valence-corrected chi connectivity index (χ1v) is 10.1. The maximum Gasteiger partial charge on any atom is 0.410 e. The van der Waals surface area contributed by atoms with Crippen LogP contribution in [0.1, 0.15) is 24.8 Å². The van der Waals surface area contributed by atoms with Gasteiger partial charge in [-0.1, -0.05) is 46.3 Å². The number of ether oxygens (including phenoxy) is 1. The third-order valence-electron chi connectivity index (χ3n) is 5.48. The smallest absolute Gasteiger partial charge is 0.410 e. The van der Waals surface area contributed by atoms with Gasteiger partial charge in [-0.05, 0) is 48.4 Å². The summed E-state index contributed by atoms with van der Waals surface area (Å²) in [6.45, 7) is 0.756. The minimum absolute atomic E-state index is 0.0685. The standard InChI is InChI=1S/C21H22BrN3O3/c22-15-6-7-17(16(23)10-15)24-19(26)18-11-21(8-9-21)13-25(18)20(27)28-12-14-4-2-1-3-5-14/h1-7,10,18H,8-9,11-13,23H2,(H,24,26). The van der Waals surface area contributed by atoms with Crippen LogP contribution in [0.4, 0.5) is 16.2 Å². The first-order valence-electron chi connectivity index (χ1n) is 9.29. The summed E-state index contributed by atoms with van der Waals surface area (Å²) in [5.41, 5.74) is 7.99. The molecule has 146 valence electrons. The number of benzene rings is 2. The molecule has 1 spiro atoms. The second-order valence-electron chi connectivity index (χ2n) is 7.61. The monoisotopic (exact) mass is 443 g/mol. The van der Waals surface area contributed by atoms with Crippen molar-refractivity contribution in [2.45, 2.75) is 31.9 Å². The van der Waals surface area contributed by atoms with Crippen molar-refractivity contribution < 1.29 is 14.3 Å². The van der Waals surface area contributed by atoms with Crippen molar-refractivity contribution in [3.63, 3.8) is 0 Å². The van der Waals surface area contributed by atoms with E-state index in [0.29, 0.717) is 24.3 Å². The lowest BCUT2D eigenvalue weighted by atomic mass is 10.0. The number of hydrogen-bond donors (Lipinski definition) is 2. The molecule has 2 amide bonds. The lowest BCUT2D eigenvalue weighted by Gasteiger charge is -2.23. The first kappa shape index (κ1) is 18.8. The van der Waals surface area contributed by atoms with E-state index in [1.807, 2.05) is 36.4 Å². The molecule has 0 aromatic heterocycles. The number of nitrogen functional groups attached to an aromatic ring is 1. The minimum atomic E-state index is -0.547. The van der Waals surface area contributed by atoms with Gasteiger partial charge >= 0.3 is 6.09 Å². The van der Waals surface area contributed by atoms with Gasteiger partial charge in [-0.2, -0.15) is 0 Å². The number of anilines is 2. The molecule has 7 heteroatoms. The molecule has 2 aromatic rings. The quantitative estimate of drug-likeness (QED) is 0.694. The minimum Gasteiger partial charge on any atom is -0.445 e. The third-order valence-corrected chi connectivity index (χ3v) is 5.97. The Balaban J connectivity index is 1.45. The summed E-state index contributed by atoms with van der Waals surface area (Å²) in [6, 6.07) is 14.3. The van der Waals surface area contributed by atoms with Gasteiger partial charge in [0.1, 0.15) is 12.6 Å². The van der Waals surface area contributed by atoms with E-state index in [9.17, 15) is 9.59 Å². The number of carbonyl (C=O) groups is 2. The predicted molar refractivity (Wildman–Crippen MR) is 111 cm³/mol. The highest BCUT2D eigenvalue weighted by molar-refractivity contribution is 9.10. The van der Waals surface area contributed by atoms with Crippen LogP contribution in [0, 0.1) is 5.41 Å². The van der Waals surface area contributed by atoms with Gasteiger partial charge in [-0.3, -0.25) is 9.69 Å². The highest BCUT2D eigenvalue weighted by Gasteiger charge is 2.55. The van der Waals surface area contributed by atoms with Crippen LogP contribution in [0.3, 0.4) is 0 Å². The lowest BCUT2D eigenvalue weighted by molar-refractivity contribution is -0.120. The number of nitrogens with one attached hydrogen (secondary N) is 1. The Kier molecular flexibility index (Phi) is 5.02. The van der Waals surface area contributed by atoms with Crippen LogP contribution in [0.2, 0.25) is 0 Å². The zero-order valence-electron chi connectivity index (χ0n) is 15.4. The van der Waals surface area contributed by atoms with Crippen molar-refractivity contribution in [3.05, 3.63) is 58.6 Å². The number of nitrogens with two attached hydrogens (primary N) is 1. The van der Waals surface area contributed by atoms with Crippen molar-refractivity contribution in [1.82, 2.24) is 4.90 Å². The molecule has 28 heavy (non-hydrogen) atoms. The Morgan fingerprint density at radius 1 is 1.21 bits per heavy atom. The normalized spacial score (nSPS) is 19.5. The fraction of sp³-hybridized carbons (Fsp3) is 0.333. The second kappa shape index (κ2) is 7.47. The van der Waals surface area contributed by atoms with E-state index in [2.05, 4.69) is 21.2 Å². The second-order valence-corrected chi connectivity index (χ2v) is 8.52. The molecule has 0 radical (unpaired) electrons. The molecule has 2 fully saturated rings. The zero-order chi connectivity index (χ0) is 19.7. The molecule has 2 aromatic carbocycles. The Bertz CT molecular complexity index is 899. The molecule has 1 saturated heterocycles. The van der Waals surface area contributed by atoms with Crippen LogP contribution < -0.4 is 11.1 Å². The molecule has 0 bridgehead atoms. The molecule has 1 heterocycles. The topological polar surface area (TPSA) is 84.7 Å². The largest absolute Gasteiger partial charge is 0.445 e. The molecular formula is C21H22BrN3O3. The summed E-state index contributed by atoms with van der Waals surface area (Å²) < 4.78 is 6.32. The van der Waals surface area contributed by atoms with E-state index in [-0.39, 0.29) is 17.9 Å². The fourth-order valence-electron chi connectivity index (χ4n) is 3.69. The number of rotatable bonds is 4. The van der Waals surface area contributed by atoms with Gasteiger partial charge in [0.05, 0.1) is 11.4 Å². The van der Waals surface area contributed by atoms with Crippen LogP contribution in [-0.4, -0.2) is 29.5 Å². The van der Waals surface area contributed by atoms with E-state index in [0.717, 1.165) is 22.9 Å². The lowest BCUT2D eigenvalue weighted by Crippen LogP contribution is -2.43. The summed E-state index contributed by atoms with van der Waals surface area (Å²) in [6.07, 6.45) is 2.30. The first-order chi connectivity index (χ1) is 13.5. The van der Waals surface area contributed by atoms with E-state index in [4.69, 9.17) is 10.5 Å². The summed E-state index contributed by atoms with van der Waals surface area (Å²) in [5.74, 6) is -0.227. The van der Waals surface area contributed by atoms with Crippen molar-refractivity contribution in [2.75, 3.05) is 17.6 Å². The average molecular weight is 444 g/mol. The van der Waals surface area contributed by atoms with Gasteiger partial charge in [-0.15, -0.1) is 0 Å². The Morgan fingerprint density at radius 2 is 1.96 bits per heavy atom. The van der Waals surface area contributed by atoms with Crippen LogP contribution >= 0.6 is 15.9 Å². The summed E-state index contributed by atoms with van der Waals surface area (Å²) >= 11 is 3.35. The van der Waals surface area contributed by atoms with Gasteiger partial charge < -0.3 is 15.8 Å². The van der Waals surface area contributed by atoms with Crippen LogP contribution in [-0.2, 0) is 16.1 Å². The summed E-state index contributed by atoms with van der Waals surface area (Å²) in [4.78, 5) is 27.2. The van der Waals surface area contributed by atoms with Gasteiger partial charge in [0.15, 0.2) is 0 Å². The maximum absolute atomic E-state index is 12.9. The molecule has 1 aliphatic carbocycles. The highest BCUT2D eigenvalue weighted by Crippen LogP contribution is 2.55. The summed E-state index contributed by atoms with van der Waals surface area (Å²) in [5, 5.41) is 2.87. The van der Waals surface area contributed by atoms with Gasteiger partial charge in [0.25, 0.3) is 0 Å². The molecule has 1 aliphatic heterocycles. The number of hydrogen-bond acceptors (Lipinski definition) is 4. The van der Waals surface area contributed by atoms with Crippen molar-refractivity contribution in [1.29, 1.82) is 0 Å². The molecular weight excluding hydrogens is 422 g/mol. The van der Waals surface area contributed by atoms with Crippen molar-refractivity contribution >= 4 is 39.3 Å². The SMILES string of the molecule is Nc1cc(Br)ccc1NC(=O)C1CC2(CC2)CN1C(=O)OCc1ccccc1. The van der Waals surface area contributed by atoms with E-state index >= 15 is 0 Å². The molecule has 2 aliphatic rings. The van der Waals surface area contributed by atoms with Crippen LogP contribution in [0.5, 0.6) is 0 Å². The Morgan fingerprint density at radius 3 is 2.64 bits per heavy atom. The van der Waals surface area contributed by atoms with Crippen molar-refractivity contribution in [2.24, 2.45) is 5.41 Å². The highest BCUT2D eigenvalue weighted by atomic mass is 79.9. The molecule has 3 N–H and O–H groups in total. The number of likely N-dealkylation sites (tertiary alicyclic amines) is 1. The Labute approximate surface area is 172 Å². The fourth-order valence-corrected chi connectivity index (χ4v) is 4.07. The number of amides is 2. The van der Waals surface area contributed by atoms with Gasteiger partial charge in [0, 0.05) is 11.0 Å². The number of halogens is 1. The van der Waals surface area contributed by atoms with Crippen LogP contribution in [0.15, 0.2) is 53.0 Å². The number of nitrogens with zero attached hydrogens (tertiary/aromatic N) is 1. The summed E-state index contributed by atoms with van der Waals surface area (Å²) in [7, 11) is 0. The van der Waals surface area contributed by atoms with E-state index < -0.39 is 12.1 Å². The predicted octanol–water partition coefficient (Wildman–Crippen LogP) is 4.16. The van der Waals surface area contributed by atoms with Crippen LogP contribution in [0.25, 0.3) is 0 Å². The molecule has 1 atom stereocenters. The van der Waals surface area contributed by atoms with Gasteiger partial charge in [-0.25, -0.2) is 4.79 Å². The van der Waals surface area contributed by atoms with E-state index in [1.165, 1.54) is 0 Å². The van der Waals surface area contributed by atoms with E-state index in [1.54, 1.807) is 17.0 Å². The Hall–Kier alpha value is -2.54. The molecule has 1 saturated carbocycles. The van der Waals surface area contributed by atoms with Crippen molar-refractivity contribution in [3.8, 4) is 0 Å². The molecule has 1 unspecified atom stereocenters. The average Bonchev–Trinajstić information content (AvgIpc) is 3.33. The maximum atomic E-state index is 12.9. The molecule has 4 rings (SSSR count). The molecule has 6 nitrogen and oxygen atoms in total. The zero-order valence-corrected chi connectivity index (χ0v) is 16.9. The number of carbonyl (C=O) groups excluding carboxylic acids is 2.